The van der Waals surface area contributed by atoms with Gasteiger partial charge >= 0.3 is 0 Å². The van der Waals surface area contributed by atoms with E-state index in [0.29, 0.717) is 5.75 Å². The zero-order valence-corrected chi connectivity index (χ0v) is 15.6. The van der Waals surface area contributed by atoms with Gasteiger partial charge in [-0.05, 0) is 30.5 Å². The molecule has 1 amide bonds. The molecule has 0 saturated carbocycles. The standard InChI is InChI=1S/C17H13N3O2S3/c1-23-16-19-20-17(25-16)24-9-15(21)18-10-6-7-14-12(8-10)11-4-2-3-5-13(11)22-14/h2-8H,9H2,1H3,(H,18,21). The molecule has 4 rings (SSSR count). The molecule has 0 unspecified atom stereocenters. The number of anilines is 1. The van der Waals surface area contributed by atoms with Gasteiger partial charge in [0, 0.05) is 16.5 Å². The molecule has 0 saturated heterocycles. The number of amides is 1. The summed E-state index contributed by atoms with van der Waals surface area (Å²) in [6.07, 6.45) is 1.96. The lowest BCUT2D eigenvalue weighted by atomic mass is 10.1. The van der Waals surface area contributed by atoms with Crippen LogP contribution in [0.4, 0.5) is 5.69 Å². The van der Waals surface area contributed by atoms with Gasteiger partial charge in [0.05, 0.1) is 5.75 Å². The van der Waals surface area contributed by atoms with Crippen molar-refractivity contribution in [1.29, 1.82) is 0 Å². The van der Waals surface area contributed by atoms with Crippen LogP contribution in [-0.2, 0) is 4.79 Å². The predicted molar refractivity (Wildman–Crippen MR) is 105 cm³/mol. The van der Waals surface area contributed by atoms with Gasteiger partial charge in [0.2, 0.25) is 5.91 Å². The molecule has 0 aliphatic carbocycles. The number of thioether (sulfide) groups is 2. The summed E-state index contributed by atoms with van der Waals surface area (Å²) in [5.74, 6) is 0.228. The number of aromatic nitrogens is 2. The highest BCUT2D eigenvalue weighted by molar-refractivity contribution is 8.03. The fraction of sp³-hybridized carbons (Fsp3) is 0.118. The van der Waals surface area contributed by atoms with Crippen molar-refractivity contribution in [2.75, 3.05) is 17.3 Å². The Bertz CT molecular complexity index is 1060. The number of rotatable bonds is 5. The maximum Gasteiger partial charge on any atom is 0.234 e. The number of hydrogen-bond donors (Lipinski definition) is 1. The molecule has 0 fully saturated rings. The summed E-state index contributed by atoms with van der Waals surface area (Å²) in [7, 11) is 0. The molecule has 0 spiro atoms. The minimum Gasteiger partial charge on any atom is -0.456 e. The molecule has 0 aliphatic heterocycles. The molecular weight excluding hydrogens is 374 g/mol. The van der Waals surface area contributed by atoms with E-state index in [1.807, 2.05) is 48.7 Å². The quantitative estimate of drug-likeness (QED) is 0.492. The second-order valence-corrected chi connectivity index (χ2v) is 8.44. The summed E-state index contributed by atoms with van der Waals surface area (Å²) in [6.45, 7) is 0. The lowest BCUT2D eigenvalue weighted by Gasteiger charge is -2.04. The van der Waals surface area contributed by atoms with E-state index in [-0.39, 0.29) is 5.91 Å². The van der Waals surface area contributed by atoms with Gasteiger partial charge < -0.3 is 9.73 Å². The molecule has 4 aromatic rings. The molecule has 1 N–H and O–H groups in total. The first kappa shape index (κ1) is 16.4. The first-order valence-electron chi connectivity index (χ1n) is 7.44. The summed E-state index contributed by atoms with van der Waals surface area (Å²) in [5, 5.41) is 13.0. The molecule has 2 aromatic carbocycles. The fourth-order valence-electron chi connectivity index (χ4n) is 2.47. The molecule has 2 aromatic heterocycles. The number of nitrogens with one attached hydrogen (secondary N) is 1. The Morgan fingerprint density at radius 3 is 2.76 bits per heavy atom. The van der Waals surface area contributed by atoms with Crippen molar-refractivity contribution in [3.8, 4) is 0 Å². The van der Waals surface area contributed by atoms with Crippen molar-refractivity contribution in [2.24, 2.45) is 0 Å². The highest BCUT2D eigenvalue weighted by atomic mass is 32.2. The van der Waals surface area contributed by atoms with E-state index >= 15 is 0 Å². The zero-order chi connectivity index (χ0) is 17.2. The van der Waals surface area contributed by atoms with Gasteiger partial charge in [-0.15, -0.1) is 10.2 Å². The van der Waals surface area contributed by atoms with Crippen LogP contribution in [0.15, 0.2) is 55.6 Å². The second-order valence-electron chi connectivity index (χ2n) is 5.18. The minimum absolute atomic E-state index is 0.0712. The first-order valence-corrected chi connectivity index (χ1v) is 10.5. The summed E-state index contributed by atoms with van der Waals surface area (Å²) in [4.78, 5) is 12.2. The third-order valence-electron chi connectivity index (χ3n) is 3.55. The number of benzene rings is 2. The number of fused-ring (bicyclic) bond motifs is 3. The highest BCUT2D eigenvalue weighted by Gasteiger charge is 2.10. The molecular formula is C17H13N3O2S3. The van der Waals surface area contributed by atoms with Crippen LogP contribution < -0.4 is 5.32 Å². The van der Waals surface area contributed by atoms with Crippen LogP contribution >= 0.6 is 34.9 Å². The average molecular weight is 388 g/mol. The van der Waals surface area contributed by atoms with E-state index in [1.54, 1.807) is 11.8 Å². The molecule has 126 valence electrons. The Morgan fingerprint density at radius 1 is 1.12 bits per heavy atom. The molecule has 0 bridgehead atoms. The average Bonchev–Trinajstić information content (AvgIpc) is 3.24. The van der Waals surface area contributed by atoms with Crippen molar-refractivity contribution in [3.63, 3.8) is 0 Å². The van der Waals surface area contributed by atoms with Crippen LogP contribution in [0.3, 0.4) is 0 Å². The summed E-state index contributed by atoms with van der Waals surface area (Å²) >= 11 is 4.44. The zero-order valence-electron chi connectivity index (χ0n) is 13.2. The van der Waals surface area contributed by atoms with Crippen molar-refractivity contribution in [3.05, 3.63) is 42.5 Å². The maximum atomic E-state index is 12.2. The number of para-hydroxylation sites is 1. The second kappa shape index (κ2) is 7.07. The molecule has 5 nitrogen and oxygen atoms in total. The van der Waals surface area contributed by atoms with Crippen LogP contribution in [0.5, 0.6) is 0 Å². The van der Waals surface area contributed by atoms with Crippen LogP contribution in [0.25, 0.3) is 21.9 Å². The Balaban J connectivity index is 1.48. The van der Waals surface area contributed by atoms with E-state index in [0.717, 1.165) is 36.3 Å². The topological polar surface area (TPSA) is 68.0 Å². The van der Waals surface area contributed by atoms with Gasteiger partial charge in [0.1, 0.15) is 11.2 Å². The van der Waals surface area contributed by atoms with Crippen LogP contribution in [0.2, 0.25) is 0 Å². The van der Waals surface area contributed by atoms with Gasteiger partial charge in [-0.3, -0.25) is 4.79 Å². The molecule has 0 aliphatic rings. The number of carbonyl (C=O) groups is 1. The molecule has 0 atom stereocenters. The highest BCUT2D eigenvalue weighted by Crippen LogP contribution is 2.31. The molecule has 8 heteroatoms. The third-order valence-corrected chi connectivity index (χ3v) is 6.58. The van der Waals surface area contributed by atoms with Crippen molar-refractivity contribution >= 4 is 68.4 Å². The Kier molecular flexibility index (Phi) is 4.65. The molecule has 0 radical (unpaired) electrons. The smallest absolute Gasteiger partial charge is 0.234 e. The fourth-order valence-corrected chi connectivity index (χ4v) is 4.70. The molecule has 25 heavy (non-hydrogen) atoms. The number of nitrogens with zero attached hydrogens (tertiary/aromatic N) is 2. The third kappa shape index (κ3) is 3.51. The summed E-state index contributed by atoms with van der Waals surface area (Å²) in [6, 6.07) is 13.6. The van der Waals surface area contributed by atoms with Gasteiger partial charge in [-0.1, -0.05) is 53.1 Å². The van der Waals surface area contributed by atoms with E-state index in [1.165, 1.54) is 23.1 Å². The Hall–Kier alpha value is -2.03. The van der Waals surface area contributed by atoms with Gasteiger partial charge in [-0.25, -0.2) is 0 Å². The van der Waals surface area contributed by atoms with E-state index in [9.17, 15) is 4.79 Å². The van der Waals surface area contributed by atoms with Crippen LogP contribution in [0.1, 0.15) is 0 Å². The Morgan fingerprint density at radius 2 is 1.92 bits per heavy atom. The van der Waals surface area contributed by atoms with E-state index < -0.39 is 0 Å². The molecule has 2 heterocycles. The number of carbonyl (C=O) groups excluding carboxylic acids is 1. The normalized spacial score (nSPS) is 11.2. The maximum absolute atomic E-state index is 12.2. The number of furan rings is 1. The Labute approximate surface area is 156 Å². The SMILES string of the molecule is CSc1nnc(SCC(=O)Nc2ccc3oc4ccccc4c3c2)s1. The van der Waals surface area contributed by atoms with E-state index in [4.69, 9.17) is 4.42 Å². The van der Waals surface area contributed by atoms with Gasteiger partial charge in [0.25, 0.3) is 0 Å². The lowest BCUT2D eigenvalue weighted by Crippen LogP contribution is -2.13. The number of hydrogen-bond acceptors (Lipinski definition) is 7. The van der Waals surface area contributed by atoms with Crippen LogP contribution in [-0.4, -0.2) is 28.1 Å². The van der Waals surface area contributed by atoms with Crippen LogP contribution in [0, 0.1) is 0 Å². The van der Waals surface area contributed by atoms with Crippen molar-refractivity contribution in [1.82, 2.24) is 10.2 Å². The minimum atomic E-state index is -0.0712. The lowest BCUT2D eigenvalue weighted by molar-refractivity contribution is -0.113. The van der Waals surface area contributed by atoms with Gasteiger partial charge in [-0.2, -0.15) is 0 Å². The first-order chi connectivity index (χ1) is 12.2. The predicted octanol–water partition coefficient (Wildman–Crippen LogP) is 4.89. The monoisotopic (exact) mass is 387 g/mol. The summed E-state index contributed by atoms with van der Waals surface area (Å²) < 4.78 is 7.50. The van der Waals surface area contributed by atoms with Crippen molar-refractivity contribution in [2.45, 2.75) is 8.68 Å². The largest absolute Gasteiger partial charge is 0.456 e. The van der Waals surface area contributed by atoms with E-state index in [2.05, 4.69) is 15.5 Å². The summed E-state index contributed by atoms with van der Waals surface area (Å²) in [5.41, 5.74) is 2.41. The van der Waals surface area contributed by atoms with Gasteiger partial charge in [0.15, 0.2) is 8.68 Å². The van der Waals surface area contributed by atoms with Crippen molar-refractivity contribution < 1.29 is 9.21 Å².